The lowest BCUT2D eigenvalue weighted by Crippen LogP contribution is -2.06. The summed E-state index contributed by atoms with van der Waals surface area (Å²) in [4.78, 5) is 10.2. The second kappa shape index (κ2) is 5.52. The fourth-order valence-electron chi connectivity index (χ4n) is 1.32. The van der Waals surface area contributed by atoms with E-state index in [-0.39, 0.29) is 18.4 Å². The number of carboxylic acids is 1. The predicted octanol–water partition coefficient (Wildman–Crippen LogP) is 3.58. The van der Waals surface area contributed by atoms with Gasteiger partial charge in [0, 0.05) is 6.42 Å². The second-order valence-electron chi connectivity index (χ2n) is 3.42. The van der Waals surface area contributed by atoms with Crippen LogP contribution < -0.4 is 0 Å². The molecule has 0 heterocycles. The smallest absolute Gasteiger partial charge is 0.416 e. The molecule has 0 unspecified atom stereocenters. The topological polar surface area (TPSA) is 37.3 Å². The van der Waals surface area contributed by atoms with Gasteiger partial charge in [-0.3, -0.25) is 4.79 Å². The largest absolute Gasteiger partial charge is 0.481 e. The van der Waals surface area contributed by atoms with E-state index in [0.717, 1.165) is 6.07 Å². The van der Waals surface area contributed by atoms with Crippen LogP contribution in [0.2, 0.25) is 0 Å². The fourth-order valence-corrected chi connectivity index (χ4v) is 1.32. The molecule has 0 saturated heterocycles. The molecular formula is C12H11F3O2. The number of allylic oxidation sites excluding steroid dienone is 1. The van der Waals surface area contributed by atoms with Crippen LogP contribution in [0.5, 0.6) is 0 Å². The number of carbonyl (C=O) groups is 1. The molecule has 2 nitrogen and oxygen atoms in total. The molecule has 0 saturated carbocycles. The van der Waals surface area contributed by atoms with Crippen LogP contribution in [0.15, 0.2) is 30.3 Å². The number of alkyl halides is 3. The minimum Gasteiger partial charge on any atom is -0.481 e. The average Bonchev–Trinajstić information content (AvgIpc) is 2.23. The van der Waals surface area contributed by atoms with Crippen molar-refractivity contribution in [1.29, 1.82) is 0 Å². The normalized spacial score (nSPS) is 11.9. The van der Waals surface area contributed by atoms with Crippen LogP contribution in [0.3, 0.4) is 0 Å². The zero-order valence-corrected chi connectivity index (χ0v) is 8.87. The molecular weight excluding hydrogens is 233 g/mol. The molecule has 0 aliphatic rings. The minimum absolute atomic E-state index is 0.0467. The molecule has 0 aromatic heterocycles. The maximum absolute atomic E-state index is 12.6. The number of rotatable bonds is 4. The number of carboxylic acid groups (broad SMARTS) is 1. The molecule has 0 spiro atoms. The van der Waals surface area contributed by atoms with Crippen LogP contribution in [0, 0.1) is 0 Å². The Morgan fingerprint density at radius 3 is 2.53 bits per heavy atom. The molecule has 0 amide bonds. The zero-order chi connectivity index (χ0) is 12.9. The highest BCUT2D eigenvalue weighted by atomic mass is 19.4. The number of hydrogen-bond donors (Lipinski definition) is 1. The van der Waals surface area contributed by atoms with Gasteiger partial charge in [-0.25, -0.2) is 0 Å². The van der Waals surface area contributed by atoms with E-state index < -0.39 is 17.7 Å². The number of halogens is 3. The molecule has 0 bridgehead atoms. The SMILES string of the molecule is O=C(O)CCC=Cc1ccccc1C(F)(F)F. The Morgan fingerprint density at radius 1 is 1.29 bits per heavy atom. The number of aliphatic carboxylic acids is 1. The summed E-state index contributed by atoms with van der Waals surface area (Å²) in [7, 11) is 0. The van der Waals surface area contributed by atoms with Gasteiger partial charge in [-0.1, -0.05) is 30.4 Å². The lowest BCUT2D eigenvalue weighted by atomic mass is 10.1. The van der Waals surface area contributed by atoms with Gasteiger partial charge in [0.25, 0.3) is 0 Å². The van der Waals surface area contributed by atoms with Gasteiger partial charge in [0.1, 0.15) is 0 Å². The third-order valence-electron chi connectivity index (χ3n) is 2.09. The van der Waals surface area contributed by atoms with Crippen LogP contribution in [0.4, 0.5) is 13.2 Å². The van der Waals surface area contributed by atoms with Crippen molar-refractivity contribution < 1.29 is 23.1 Å². The Hall–Kier alpha value is -1.78. The summed E-state index contributed by atoms with van der Waals surface area (Å²) >= 11 is 0. The van der Waals surface area contributed by atoms with E-state index in [9.17, 15) is 18.0 Å². The van der Waals surface area contributed by atoms with Gasteiger partial charge in [-0.15, -0.1) is 0 Å². The molecule has 1 N–H and O–H groups in total. The summed E-state index contributed by atoms with van der Waals surface area (Å²) in [5.74, 6) is -0.973. The fraction of sp³-hybridized carbons (Fsp3) is 0.250. The second-order valence-corrected chi connectivity index (χ2v) is 3.42. The highest BCUT2D eigenvalue weighted by Crippen LogP contribution is 2.32. The van der Waals surface area contributed by atoms with Crippen LogP contribution in [-0.4, -0.2) is 11.1 Å². The molecule has 0 aliphatic carbocycles. The van der Waals surface area contributed by atoms with Gasteiger partial charge < -0.3 is 5.11 Å². The Balaban J connectivity index is 2.81. The standard InChI is InChI=1S/C12H11F3O2/c13-12(14,15)10-7-3-1-5-9(10)6-2-4-8-11(16)17/h1-3,5-7H,4,8H2,(H,16,17). The monoisotopic (exact) mass is 244 g/mol. The van der Waals surface area contributed by atoms with Crippen molar-refractivity contribution in [3.8, 4) is 0 Å². The van der Waals surface area contributed by atoms with Gasteiger partial charge in [-0.05, 0) is 18.1 Å². The first-order valence-corrected chi connectivity index (χ1v) is 4.96. The number of hydrogen-bond acceptors (Lipinski definition) is 1. The summed E-state index contributed by atoms with van der Waals surface area (Å²) in [5, 5.41) is 8.38. The molecule has 17 heavy (non-hydrogen) atoms. The zero-order valence-electron chi connectivity index (χ0n) is 8.87. The maximum Gasteiger partial charge on any atom is 0.416 e. The summed E-state index contributed by atoms with van der Waals surface area (Å²) in [6.07, 6.45) is -1.55. The summed E-state index contributed by atoms with van der Waals surface area (Å²) in [6, 6.07) is 5.17. The van der Waals surface area contributed by atoms with Crippen LogP contribution in [0.1, 0.15) is 24.0 Å². The molecule has 1 aromatic rings. The predicted molar refractivity (Wildman–Crippen MR) is 57.3 cm³/mol. The number of benzene rings is 1. The molecule has 0 fully saturated rings. The highest BCUT2D eigenvalue weighted by Gasteiger charge is 2.32. The Kier molecular flexibility index (Phi) is 4.31. The molecule has 0 atom stereocenters. The van der Waals surface area contributed by atoms with Crippen molar-refractivity contribution in [2.45, 2.75) is 19.0 Å². The molecule has 0 aliphatic heterocycles. The van der Waals surface area contributed by atoms with Gasteiger partial charge >= 0.3 is 12.1 Å². The van der Waals surface area contributed by atoms with E-state index in [2.05, 4.69) is 0 Å². The van der Waals surface area contributed by atoms with E-state index in [0.29, 0.717) is 0 Å². The van der Waals surface area contributed by atoms with Crippen molar-refractivity contribution in [1.82, 2.24) is 0 Å². The first-order valence-electron chi connectivity index (χ1n) is 4.96. The van der Waals surface area contributed by atoms with E-state index in [1.54, 1.807) is 0 Å². The quantitative estimate of drug-likeness (QED) is 0.878. The summed E-state index contributed by atoms with van der Waals surface area (Å²) < 4.78 is 37.7. The lowest BCUT2D eigenvalue weighted by Gasteiger charge is -2.09. The Morgan fingerprint density at radius 2 is 1.94 bits per heavy atom. The van der Waals surface area contributed by atoms with Crippen LogP contribution in [0.25, 0.3) is 6.08 Å². The average molecular weight is 244 g/mol. The minimum atomic E-state index is -4.40. The molecule has 92 valence electrons. The molecule has 5 heteroatoms. The third kappa shape index (κ3) is 4.30. The lowest BCUT2D eigenvalue weighted by molar-refractivity contribution is -0.138. The van der Waals surface area contributed by atoms with E-state index in [1.807, 2.05) is 0 Å². The molecule has 1 rings (SSSR count). The van der Waals surface area contributed by atoms with Gasteiger partial charge in [-0.2, -0.15) is 13.2 Å². The molecule has 0 radical (unpaired) electrons. The summed E-state index contributed by atoms with van der Waals surface area (Å²) in [6.45, 7) is 0. The highest BCUT2D eigenvalue weighted by molar-refractivity contribution is 5.67. The van der Waals surface area contributed by atoms with Crippen LogP contribution in [-0.2, 0) is 11.0 Å². The van der Waals surface area contributed by atoms with Crippen molar-refractivity contribution in [3.05, 3.63) is 41.5 Å². The Labute approximate surface area is 96.4 Å². The van der Waals surface area contributed by atoms with Crippen LogP contribution >= 0.6 is 0 Å². The molecule has 1 aromatic carbocycles. The van der Waals surface area contributed by atoms with E-state index in [1.165, 1.54) is 30.4 Å². The summed E-state index contributed by atoms with van der Waals surface area (Å²) in [5.41, 5.74) is -0.669. The van der Waals surface area contributed by atoms with Crippen molar-refractivity contribution in [2.24, 2.45) is 0 Å². The first-order chi connectivity index (χ1) is 7.91. The Bertz CT molecular complexity index is 422. The van der Waals surface area contributed by atoms with Gasteiger partial charge in [0.2, 0.25) is 0 Å². The van der Waals surface area contributed by atoms with Crippen molar-refractivity contribution in [2.75, 3.05) is 0 Å². The van der Waals surface area contributed by atoms with E-state index in [4.69, 9.17) is 5.11 Å². The van der Waals surface area contributed by atoms with Crippen molar-refractivity contribution >= 4 is 12.0 Å². The van der Waals surface area contributed by atoms with Gasteiger partial charge in [0.05, 0.1) is 5.56 Å². The third-order valence-corrected chi connectivity index (χ3v) is 2.09. The van der Waals surface area contributed by atoms with E-state index >= 15 is 0 Å². The maximum atomic E-state index is 12.6. The van der Waals surface area contributed by atoms with Gasteiger partial charge in [0.15, 0.2) is 0 Å². The van der Waals surface area contributed by atoms with Crippen molar-refractivity contribution in [3.63, 3.8) is 0 Å². The first kappa shape index (κ1) is 13.3.